The van der Waals surface area contributed by atoms with E-state index in [0.717, 1.165) is 185 Å². The zero-order valence-corrected chi connectivity index (χ0v) is 44.1. The number of hydrogen-bond acceptors (Lipinski definition) is 12. The minimum Gasteiger partial charge on any atom is -0.373 e. The van der Waals surface area contributed by atoms with Gasteiger partial charge in [0.25, 0.3) is 0 Å². The highest BCUT2D eigenvalue weighted by Gasteiger charge is 2.88. The topological polar surface area (TPSA) is 111 Å². The summed E-state index contributed by atoms with van der Waals surface area (Å²) in [6.07, 6.45) is 29.1. The summed E-state index contributed by atoms with van der Waals surface area (Å²) < 4.78 is 101. The molecule has 0 radical (unpaired) electrons. The van der Waals surface area contributed by atoms with Crippen molar-refractivity contribution in [3.8, 4) is 0 Å². The van der Waals surface area contributed by atoms with Crippen LogP contribution in [-0.2, 0) is 49.4 Å². The Morgan fingerprint density at radius 1 is 0.246 bits per heavy atom. The predicted octanol–water partition coefficient (Wildman–Crippen LogP) is 10.3. The third kappa shape index (κ3) is 6.57. The summed E-state index contributed by atoms with van der Waals surface area (Å²) in [6.45, 7) is 0. The molecule has 6 heterocycles. The Morgan fingerprint density at radius 3 is 0.623 bits per heavy atom. The number of benzene rings is 1. The molecule has 6 aliphatic heterocycles. The van der Waals surface area contributed by atoms with Crippen molar-refractivity contribution in [3.05, 3.63) is 30.3 Å². The van der Waals surface area contributed by atoms with Crippen LogP contribution >= 0.6 is 0 Å². The maximum absolute atomic E-state index is 8.47. The molecule has 7 aliphatic carbocycles. The fraction of sp³-hybridized carbons (Fsp3) is 0.854. The molecule has 1 aromatic carbocycles. The van der Waals surface area contributed by atoms with Crippen LogP contribution in [0.25, 0.3) is 0 Å². The van der Waals surface area contributed by atoms with Gasteiger partial charge in [0.05, 0.1) is 0 Å². The molecule has 336 valence electrons. The maximum atomic E-state index is 8.47. The van der Waals surface area contributed by atoms with Gasteiger partial charge in [0.2, 0.25) is 0 Å². The second-order valence-electron chi connectivity index (χ2n) is 21.2. The van der Waals surface area contributed by atoms with Gasteiger partial charge in [-0.25, -0.2) is 0 Å². The molecule has 0 aromatic heterocycles. The second-order valence-corrected chi connectivity index (χ2v) is 46.9. The second kappa shape index (κ2) is 15.5. The molecule has 0 atom stereocenters. The van der Waals surface area contributed by atoms with E-state index in [0.29, 0.717) is 0 Å². The molecular weight excluding hydrogens is 909 g/mol. The van der Waals surface area contributed by atoms with Crippen molar-refractivity contribution < 1.29 is 49.4 Å². The Bertz CT molecular complexity index is 1600. The van der Waals surface area contributed by atoms with Gasteiger partial charge in [-0.05, 0) is 89.9 Å². The molecule has 12 nitrogen and oxygen atoms in total. The van der Waals surface area contributed by atoms with Gasteiger partial charge >= 0.3 is 70.4 Å². The quantitative estimate of drug-likeness (QED) is 0.231. The lowest BCUT2D eigenvalue weighted by Gasteiger charge is -2.66. The third-order valence-electron chi connectivity index (χ3n) is 17.5. The van der Waals surface area contributed by atoms with Gasteiger partial charge in [0.15, 0.2) is 0 Å². The smallest absolute Gasteiger partial charge is 0.373 e. The Hall–Kier alpha value is 0.475. The molecule has 0 N–H and O–H groups in total. The molecule has 0 spiro atoms. The van der Waals surface area contributed by atoms with E-state index in [-0.39, 0.29) is 38.8 Å². The first-order valence-electron chi connectivity index (χ1n) is 25.3. The summed E-state index contributed by atoms with van der Waals surface area (Å²) >= 11 is 0. The van der Waals surface area contributed by atoms with E-state index in [1.165, 1.54) is 0 Å². The van der Waals surface area contributed by atoms with Gasteiger partial charge in [0, 0.05) is 44.0 Å². The molecule has 8 bridgehead atoms. The Kier molecular flexibility index (Phi) is 10.6. The molecule has 20 heteroatoms. The van der Waals surface area contributed by atoms with Crippen molar-refractivity contribution in [3.63, 3.8) is 0 Å². The normalized spacial score (nSPS) is 48.1. The lowest BCUT2D eigenvalue weighted by atomic mass is 10.4. The van der Waals surface area contributed by atoms with Gasteiger partial charge in [-0.15, -0.1) is 0 Å². The first-order chi connectivity index (χ1) is 29.8. The van der Waals surface area contributed by atoms with Crippen LogP contribution in [0.3, 0.4) is 0 Å². The monoisotopic (exact) mass is 976 g/mol. The van der Waals surface area contributed by atoms with Crippen molar-refractivity contribution in [2.24, 2.45) is 0 Å². The van der Waals surface area contributed by atoms with Crippen LogP contribution in [0.2, 0.25) is 38.8 Å². The van der Waals surface area contributed by atoms with Gasteiger partial charge in [-0.2, -0.15) is 0 Å². The summed E-state index contributed by atoms with van der Waals surface area (Å²) in [7, 11) is -31.7. The molecule has 0 unspecified atom stereocenters. The average Bonchev–Trinajstić information content (AvgIpc) is 4.09. The van der Waals surface area contributed by atoms with Crippen molar-refractivity contribution in [1.29, 1.82) is 0 Å². The van der Waals surface area contributed by atoms with Crippen molar-refractivity contribution in [2.45, 2.75) is 219 Å². The molecule has 7 saturated carbocycles. The Labute approximate surface area is 372 Å². The molecule has 13 fully saturated rings. The highest BCUT2D eigenvalue weighted by atomic mass is 28.6. The summed E-state index contributed by atoms with van der Waals surface area (Å²) in [6, 6.07) is 10.6. The van der Waals surface area contributed by atoms with Crippen LogP contribution in [0.15, 0.2) is 30.3 Å². The fourth-order valence-corrected chi connectivity index (χ4v) is 70.0. The van der Waals surface area contributed by atoms with E-state index in [2.05, 4.69) is 30.3 Å². The predicted molar refractivity (Wildman–Crippen MR) is 241 cm³/mol. The van der Waals surface area contributed by atoms with Gasteiger partial charge in [-0.1, -0.05) is 120 Å². The van der Waals surface area contributed by atoms with Crippen LogP contribution < -0.4 is 5.19 Å². The van der Waals surface area contributed by atoms with Crippen molar-refractivity contribution >= 4 is 75.6 Å². The number of rotatable bonds is 8. The first-order valence-corrected chi connectivity index (χ1v) is 39.6. The maximum Gasteiger partial charge on any atom is 0.515 e. The Morgan fingerprint density at radius 2 is 0.426 bits per heavy atom. The minimum absolute atomic E-state index is 0.0266. The van der Waals surface area contributed by atoms with E-state index < -0.39 is 70.4 Å². The third-order valence-corrected chi connectivity index (χ3v) is 56.7. The van der Waals surface area contributed by atoms with Gasteiger partial charge < -0.3 is 49.4 Å². The summed E-state index contributed by atoms with van der Waals surface area (Å²) in [5.74, 6) is 0. The number of hydrogen-bond donors (Lipinski definition) is 0. The van der Waals surface area contributed by atoms with Gasteiger partial charge in [-0.3, -0.25) is 0 Å². The van der Waals surface area contributed by atoms with Crippen LogP contribution in [-0.4, -0.2) is 70.4 Å². The molecular formula is C41H68O12Si8. The van der Waals surface area contributed by atoms with Crippen LogP contribution in [0.1, 0.15) is 180 Å². The SMILES string of the molecule is c1ccc([Si]23O[Si]4(C5CCCC5)O[Si]5(C6CCCC6)O[Si](C6CCCC6)(O2)O[Si]2(C6CCCC6)O[Si](C6CCCC6)(O3)O[Si](C3CCCC3)(O4)O[Si](C3CCCC3)(O5)O2)cc1. The van der Waals surface area contributed by atoms with Crippen molar-refractivity contribution in [2.75, 3.05) is 0 Å². The lowest BCUT2D eigenvalue weighted by molar-refractivity contribution is -0.0427. The Balaban J connectivity index is 1.16. The standard InChI is InChI=1S/C41H68O12Si8/c1-2-18-34(19-3-1)54-42-55(35-20-4-5-21-35)45-58(38-26-10-11-27-38)47-56(43-54,36-22-6-7-23-36)49-60(40-30-14-15-31-40)50-57(44-54,37-24-8-9-25-37)48-59(46-55,39-28-12-13-29-39)52-61(51-58,53-60)41-32-16-17-33-41/h1-3,18-19,35-41H,4-17,20-33H2. The molecule has 1 aromatic rings. The molecule has 14 rings (SSSR count). The van der Waals surface area contributed by atoms with E-state index in [9.17, 15) is 0 Å². The van der Waals surface area contributed by atoms with Crippen LogP contribution in [0, 0.1) is 0 Å². The zero-order chi connectivity index (χ0) is 40.4. The molecule has 6 saturated heterocycles. The van der Waals surface area contributed by atoms with E-state index >= 15 is 0 Å². The average molecular weight is 978 g/mol. The lowest BCUT2D eigenvalue weighted by Crippen LogP contribution is -2.91. The van der Waals surface area contributed by atoms with E-state index in [4.69, 9.17) is 49.4 Å². The highest BCUT2D eigenvalue weighted by molar-refractivity contribution is 7.06. The van der Waals surface area contributed by atoms with Crippen LogP contribution in [0.4, 0.5) is 0 Å². The fourth-order valence-electron chi connectivity index (χ4n) is 14.4. The summed E-state index contributed by atoms with van der Waals surface area (Å²) in [5.41, 5.74) is 0.323. The van der Waals surface area contributed by atoms with Gasteiger partial charge in [0.1, 0.15) is 0 Å². The highest BCUT2D eigenvalue weighted by Crippen LogP contribution is 2.65. The van der Waals surface area contributed by atoms with E-state index in [1.807, 2.05) is 0 Å². The molecule has 61 heavy (non-hydrogen) atoms. The largest absolute Gasteiger partial charge is 0.515 e. The summed E-state index contributed by atoms with van der Waals surface area (Å²) in [5, 5.41) is 0.910. The minimum atomic E-state index is -4.16. The van der Waals surface area contributed by atoms with Crippen molar-refractivity contribution in [1.82, 2.24) is 0 Å². The molecule has 13 aliphatic rings. The van der Waals surface area contributed by atoms with E-state index in [1.54, 1.807) is 0 Å². The summed E-state index contributed by atoms with van der Waals surface area (Å²) in [4.78, 5) is 0. The molecule has 0 amide bonds. The first kappa shape index (κ1) is 41.6. The zero-order valence-electron chi connectivity index (χ0n) is 36.1. The van der Waals surface area contributed by atoms with Crippen LogP contribution in [0.5, 0.6) is 0 Å².